The molecule has 12 heteroatoms. The molecule has 1 rings (SSSR count). The van der Waals surface area contributed by atoms with Gasteiger partial charge in [0.15, 0.2) is 6.04 Å². The highest BCUT2D eigenvalue weighted by molar-refractivity contribution is 9.25. The number of hydrogen-bond acceptors (Lipinski definition) is 6. The van der Waals surface area contributed by atoms with Gasteiger partial charge in [0.1, 0.15) is 25.4 Å². The molecule has 1 aromatic rings. The Morgan fingerprint density at radius 3 is 1.96 bits per heavy atom. The van der Waals surface area contributed by atoms with Crippen molar-refractivity contribution in [3.8, 4) is 5.75 Å². The fourth-order valence-electron chi connectivity index (χ4n) is 1.68. The van der Waals surface area contributed by atoms with Crippen LogP contribution in [-0.2, 0) is 14.3 Å². The summed E-state index contributed by atoms with van der Waals surface area (Å²) in [5.41, 5.74) is 0.263. The van der Waals surface area contributed by atoms with Crippen LogP contribution >= 0.6 is 63.7 Å². The van der Waals surface area contributed by atoms with E-state index >= 15 is 0 Å². The molecular weight excluding hydrogens is 638 g/mol. The Labute approximate surface area is 195 Å². The second-order valence-electron chi connectivity index (χ2n) is 5.84. The quantitative estimate of drug-likeness (QED) is 0.229. The SMILES string of the molecule is CC(Br)(Br)COC(=O)N[C@H](C(=O)O)c1ccc(OC(=O)OCC(C)(Br)Br)cc1. The molecule has 1 atom stereocenters. The van der Waals surface area contributed by atoms with E-state index in [0.29, 0.717) is 0 Å². The van der Waals surface area contributed by atoms with E-state index in [0.717, 1.165) is 0 Å². The van der Waals surface area contributed by atoms with E-state index in [1.807, 2.05) is 0 Å². The molecule has 8 nitrogen and oxygen atoms in total. The molecule has 0 heterocycles. The third-order valence-corrected chi connectivity index (χ3v) is 3.74. The zero-order valence-electron chi connectivity index (χ0n) is 14.7. The Bertz CT molecular complexity index is 698. The van der Waals surface area contributed by atoms with E-state index in [-0.39, 0.29) is 24.5 Å². The van der Waals surface area contributed by atoms with Crippen LogP contribution in [0, 0.1) is 0 Å². The van der Waals surface area contributed by atoms with E-state index < -0.39 is 30.7 Å². The van der Waals surface area contributed by atoms with Gasteiger partial charge in [-0.25, -0.2) is 14.4 Å². The van der Waals surface area contributed by atoms with Crippen LogP contribution < -0.4 is 10.1 Å². The van der Waals surface area contributed by atoms with Crippen LogP contribution in [0.25, 0.3) is 0 Å². The number of rotatable bonds is 8. The zero-order valence-corrected chi connectivity index (χ0v) is 21.1. The van der Waals surface area contributed by atoms with Gasteiger partial charge in [-0.05, 0) is 31.5 Å². The lowest BCUT2D eigenvalue weighted by Gasteiger charge is -2.18. The number of alkyl halides is 4. The van der Waals surface area contributed by atoms with Gasteiger partial charge in [-0.15, -0.1) is 0 Å². The highest BCUT2D eigenvalue weighted by atomic mass is 79.9. The lowest BCUT2D eigenvalue weighted by atomic mass is 10.1. The van der Waals surface area contributed by atoms with Crippen molar-refractivity contribution in [3.63, 3.8) is 0 Å². The van der Waals surface area contributed by atoms with Crippen molar-refractivity contribution in [2.45, 2.75) is 26.4 Å². The third kappa shape index (κ3) is 10.6. The molecule has 0 unspecified atom stereocenters. The predicted molar refractivity (Wildman–Crippen MR) is 116 cm³/mol. The van der Waals surface area contributed by atoms with Gasteiger partial charge >= 0.3 is 18.2 Å². The van der Waals surface area contributed by atoms with Gasteiger partial charge in [0.05, 0.1) is 0 Å². The summed E-state index contributed by atoms with van der Waals surface area (Å²) in [5.74, 6) is -1.12. The van der Waals surface area contributed by atoms with Gasteiger partial charge in [0.25, 0.3) is 0 Å². The van der Waals surface area contributed by atoms with Gasteiger partial charge < -0.3 is 24.6 Å². The molecule has 0 saturated carbocycles. The number of carboxylic acids is 1. The monoisotopic (exact) mass is 651 g/mol. The summed E-state index contributed by atoms with van der Waals surface area (Å²) in [4.78, 5) is 34.9. The number of aliphatic carboxylic acids is 1. The first-order valence-electron chi connectivity index (χ1n) is 7.63. The third-order valence-electron chi connectivity index (χ3n) is 2.82. The van der Waals surface area contributed by atoms with Crippen LogP contribution in [0.4, 0.5) is 9.59 Å². The predicted octanol–water partition coefficient (Wildman–Crippen LogP) is 5.07. The van der Waals surface area contributed by atoms with Gasteiger partial charge in [-0.1, -0.05) is 75.9 Å². The summed E-state index contributed by atoms with van der Waals surface area (Å²) in [6, 6.07) is 4.23. The van der Waals surface area contributed by atoms with Crippen molar-refractivity contribution in [1.29, 1.82) is 0 Å². The first-order valence-corrected chi connectivity index (χ1v) is 10.8. The van der Waals surface area contributed by atoms with Crippen molar-refractivity contribution < 1.29 is 33.7 Å². The molecule has 0 saturated heterocycles. The normalized spacial score (nSPS) is 12.6. The summed E-state index contributed by atoms with van der Waals surface area (Å²) in [5, 5.41) is 11.6. The Balaban J connectivity index is 2.70. The van der Waals surface area contributed by atoms with Crippen LogP contribution in [0.3, 0.4) is 0 Å². The van der Waals surface area contributed by atoms with Crippen molar-refractivity contribution in [3.05, 3.63) is 29.8 Å². The number of halogens is 4. The van der Waals surface area contributed by atoms with Crippen LogP contribution in [0.2, 0.25) is 0 Å². The molecule has 156 valence electrons. The summed E-state index contributed by atoms with van der Waals surface area (Å²) in [7, 11) is 0. The Morgan fingerprint density at radius 1 is 1.00 bits per heavy atom. The summed E-state index contributed by atoms with van der Waals surface area (Å²) in [6.45, 7) is 3.46. The molecule has 0 radical (unpaired) electrons. The number of carbonyl (C=O) groups excluding carboxylic acids is 2. The molecule has 0 aliphatic rings. The second-order valence-corrected chi connectivity index (χ2v) is 15.0. The van der Waals surface area contributed by atoms with Crippen LogP contribution in [0.5, 0.6) is 5.75 Å². The Hall–Kier alpha value is -0.850. The molecular formula is C16H17Br4NO7. The lowest BCUT2D eigenvalue weighted by Crippen LogP contribution is -2.35. The molecule has 1 amide bonds. The summed E-state index contributed by atoms with van der Waals surface area (Å²) in [6.07, 6.45) is -1.81. The average molecular weight is 655 g/mol. The van der Waals surface area contributed by atoms with Gasteiger partial charge in [-0.2, -0.15) is 0 Å². The molecule has 0 bridgehead atoms. The lowest BCUT2D eigenvalue weighted by molar-refractivity contribution is -0.139. The van der Waals surface area contributed by atoms with Crippen molar-refractivity contribution >= 4 is 81.9 Å². The minimum Gasteiger partial charge on any atom is -0.479 e. The minimum atomic E-state index is -1.34. The number of benzene rings is 1. The van der Waals surface area contributed by atoms with Gasteiger partial charge in [0, 0.05) is 0 Å². The van der Waals surface area contributed by atoms with E-state index in [1.165, 1.54) is 24.3 Å². The molecule has 2 N–H and O–H groups in total. The number of carbonyl (C=O) groups is 3. The highest BCUT2D eigenvalue weighted by Gasteiger charge is 2.25. The number of nitrogens with one attached hydrogen (secondary N) is 1. The largest absolute Gasteiger partial charge is 0.513 e. The van der Waals surface area contributed by atoms with Crippen LogP contribution in [-0.4, -0.2) is 43.0 Å². The van der Waals surface area contributed by atoms with Gasteiger partial charge in [0.2, 0.25) is 0 Å². The molecule has 0 aromatic heterocycles. The molecule has 0 aliphatic heterocycles. The fraction of sp³-hybridized carbons (Fsp3) is 0.438. The second kappa shape index (κ2) is 10.8. The van der Waals surface area contributed by atoms with E-state index in [1.54, 1.807) is 13.8 Å². The molecule has 1 aromatic carbocycles. The fourth-order valence-corrected chi connectivity index (χ4v) is 2.14. The number of ether oxygens (including phenoxy) is 3. The average Bonchev–Trinajstić information content (AvgIpc) is 2.55. The smallest absolute Gasteiger partial charge is 0.479 e. The summed E-state index contributed by atoms with van der Waals surface area (Å²) >= 11 is 13.0. The number of amides is 1. The van der Waals surface area contributed by atoms with Crippen molar-refractivity contribution in [1.82, 2.24) is 5.32 Å². The molecule has 0 aliphatic carbocycles. The molecule has 0 fully saturated rings. The van der Waals surface area contributed by atoms with Gasteiger partial charge in [-0.3, -0.25) is 0 Å². The molecule has 28 heavy (non-hydrogen) atoms. The number of hydrogen-bond donors (Lipinski definition) is 2. The Morgan fingerprint density at radius 2 is 1.50 bits per heavy atom. The van der Waals surface area contributed by atoms with E-state index in [4.69, 9.17) is 14.2 Å². The number of carboxylic acid groups (broad SMARTS) is 1. The first-order chi connectivity index (χ1) is 12.8. The van der Waals surface area contributed by atoms with Crippen LogP contribution in [0.15, 0.2) is 24.3 Å². The van der Waals surface area contributed by atoms with E-state index in [2.05, 4.69) is 69.0 Å². The summed E-state index contributed by atoms with van der Waals surface area (Å²) < 4.78 is 13.6. The van der Waals surface area contributed by atoms with Crippen molar-refractivity contribution in [2.75, 3.05) is 13.2 Å². The minimum absolute atomic E-state index is 0.0259. The maximum Gasteiger partial charge on any atom is 0.513 e. The van der Waals surface area contributed by atoms with Crippen molar-refractivity contribution in [2.24, 2.45) is 0 Å². The number of alkyl carbamates (subject to hydrolysis) is 1. The zero-order chi connectivity index (χ0) is 21.5. The standard InChI is InChI=1S/C16H17Br4NO7/c1-15(17,18)7-26-13(24)21-11(12(22)23)9-3-5-10(6-4-9)28-14(25)27-8-16(2,19)20/h3-6,11H,7-8H2,1-2H3,(H,21,24)(H,22,23)/t11-/m0/s1. The van der Waals surface area contributed by atoms with E-state index in [9.17, 15) is 19.5 Å². The maximum atomic E-state index is 11.8. The first kappa shape index (κ1) is 25.2. The topological polar surface area (TPSA) is 111 Å². The Kier molecular flexibility index (Phi) is 9.71. The maximum absolute atomic E-state index is 11.8. The highest BCUT2D eigenvalue weighted by Crippen LogP contribution is 2.26. The molecule has 0 spiro atoms. The van der Waals surface area contributed by atoms with Crippen LogP contribution in [0.1, 0.15) is 25.5 Å².